The maximum atomic E-state index is 13.0. The lowest BCUT2D eigenvalue weighted by Crippen LogP contribution is -2.53. The Morgan fingerprint density at radius 2 is 1.76 bits per heavy atom. The average molecular weight is 519 g/mol. The third-order valence-electron chi connectivity index (χ3n) is 6.77. The second-order valence-corrected chi connectivity index (χ2v) is 9.26. The van der Waals surface area contributed by atoms with E-state index < -0.39 is 12.1 Å². The van der Waals surface area contributed by atoms with Gasteiger partial charge in [-0.2, -0.15) is 18.0 Å². The number of carbonyl (C=O) groups is 2. The van der Waals surface area contributed by atoms with Crippen molar-refractivity contribution in [3.8, 4) is 11.4 Å². The minimum absolute atomic E-state index is 0.0616. The van der Waals surface area contributed by atoms with Crippen LogP contribution in [0.4, 0.5) is 23.8 Å². The van der Waals surface area contributed by atoms with Crippen LogP contribution in [0.25, 0.3) is 22.3 Å². The Morgan fingerprint density at radius 1 is 1.03 bits per heavy atom. The number of alkyl halides is 3. The summed E-state index contributed by atoms with van der Waals surface area (Å²) in [7, 11) is 0. The lowest BCUT2D eigenvalue weighted by molar-refractivity contribution is -0.841. The van der Waals surface area contributed by atoms with E-state index in [0.717, 1.165) is 30.4 Å². The fourth-order valence-corrected chi connectivity index (χ4v) is 4.78. The summed E-state index contributed by atoms with van der Waals surface area (Å²) in [4.78, 5) is 32.7. The summed E-state index contributed by atoms with van der Waals surface area (Å²) in [6, 6.07) is 11.5. The number of rotatable bonds is 4. The van der Waals surface area contributed by atoms with Crippen molar-refractivity contribution in [2.45, 2.75) is 44.3 Å². The van der Waals surface area contributed by atoms with Gasteiger partial charge in [0.15, 0.2) is 5.69 Å². The molecule has 2 amide bonds. The quantitative estimate of drug-likeness (QED) is 0.532. The molecule has 0 atom stereocenters. The first-order valence-electron chi connectivity index (χ1n) is 12.3. The molecular weight excluding hydrogens is 491 g/mol. The van der Waals surface area contributed by atoms with Crippen LogP contribution in [0.1, 0.15) is 32.1 Å². The molecule has 2 fully saturated rings. The summed E-state index contributed by atoms with van der Waals surface area (Å²) < 4.78 is 45.2. The monoisotopic (exact) mass is 518 g/mol. The van der Waals surface area contributed by atoms with Gasteiger partial charge in [0.25, 0.3) is 11.2 Å². The number of urea groups is 1. The van der Waals surface area contributed by atoms with Gasteiger partial charge in [0.2, 0.25) is 5.88 Å². The van der Waals surface area contributed by atoms with Crippen LogP contribution < -0.4 is 19.8 Å². The van der Waals surface area contributed by atoms with E-state index in [-0.39, 0.29) is 29.0 Å². The van der Waals surface area contributed by atoms with Crippen molar-refractivity contribution in [2.24, 2.45) is 0 Å². The second kappa shape index (κ2) is 10.3. The maximum absolute atomic E-state index is 13.0. The number of anilines is 1. The van der Waals surface area contributed by atoms with E-state index in [0.29, 0.717) is 37.4 Å². The molecule has 1 saturated carbocycles. The molecule has 1 saturated heterocycles. The van der Waals surface area contributed by atoms with E-state index in [1.807, 2.05) is 4.90 Å². The van der Waals surface area contributed by atoms with Crippen LogP contribution >= 0.6 is 0 Å². The molecule has 12 heteroatoms. The molecule has 1 aliphatic carbocycles. The summed E-state index contributed by atoms with van der Waals surface area (Å²) in [6.07, 6.45) is 0.352. The van der Waals surface area contributed by atoms with Gasteiger partial charge in [-0.3, -0.25) is 0 Å². The number of amides is 2. The standard InChI is InChI=1S/C25H26F3N5O4/c26-25(27,28)23(34)37-33-20-9-5-4-6-17(20)10-11-21(33)19-16-22(36-30-19)31-12-14-32(15-13-31)24(35)29-18-7-2-1-3-8-18/h4-6,9-11,16,18H,1-3,7-8,12-15H2/p+1. The first-order valence-corrected chi connectivity index (χ1v) is 12.3. The van der Waals surface area contributed by atoms with Gasteiger partial charge in [0.1, 0.15) is 0 Å². The summed E-state index contributed by atoms with van der Waals surface area (Å²) >= 11 is 0. The number of benzene rings is 1. The van der Waals surface area contributed by atoms with Crippen molar-refractivity contribution in [1.29, 1.82) is 0 Å². The first-order chi connectivity index (χ1) is 17.8. The van der Waals surface area contributed by atoms with Gasteiger partial charge in [-0.25, -0.2) is 9.59 Å². The van der Waals surface area contributed by atoms with Gasteiger partial charge in [0, 0.05) is 55.2 Å². The molecule has 1 aromatic carbocycles. The Morgan fingerprint density at radius 3 is 2.49 bits per heavy atom. The number of pyridine rings is 1. The van der Waals surface area contributed by atoms with Crippen molar-refractivity contribution >= 4 is 28.8 Å². The third-order valence-corrected chi connectivity index (χ3v) is 6.77. The molecular formula is C25H27F3N5O4+. The normalized spacial score (nSPS) is 17.2. The number of halogens is 3. The Kier molecular flexibility index (Phi) is 6.90. The molecule has 196 valence electrons. The van der Waals surface area contributed by atoms with Gasteiger partial charge >= 0.3 is 18.2 Å². The summed E-state index contributed by atoms with van der Waals surface area (Å²) in [5.74, 6) is -1.94. The number of piperazine rings is 1. The Labute approximate surface area is 210 Å². The number of aromatic nitrogens is 2. The molecule has 0 spiro atoms. The third kappa shape index (κ3) is 5.47. The van der Waals surface area contributed by atoms with Crippen molar-refractivity contribution < 1.29 is 36.9 Å². The summed E-state index contributed by atoms with van der Waals surface area (Å²) in [5, 5.41) is 7.73. The number of fused-ring (bicyclic) bond motifs is 1. The fraction of sp³-hybridized carbons (Fsp3) is 0.440. The molecule has 5 rings (SSSR count). The van der Waals surface area contributed by atoms with Gasteiger partial charge in [-0.1, -0.05) is 36.6 Å². The SMILES string of the molecule is O=C(NC1CCCCC1)N1CCN(c2cc(-c3ccc4ccccc4[n+]3OC(=O)C(F)(F)F)no2)CC1. The Hall–Kier alpha value is -3.83. The Balaban J connectivity index is 1.31. The van der Waals surface area contributed by atoms with E-state index in [9.17, 15) is 22.8 Å². The molecule has 37 heavy (non-hydrogen) atoms. The number of carbonyl (C=O) groups excluding carboxylic acids is 2. The molecule has 3 heterocycles. The highest BCUT2D eigenvalue weighted by Crippen LogP contribution is 2.25. The predicted octanol–water partition coefficient (Wildman–Crippen LogP) is 3.46. The van der Waals surface area contributed by atoms with Crippen molar-refractivity contribution in [2.75, 3.05) is 31.1 Å². The molecule has 0 unspecified atom stereocenters. The van der Waals surface area contributed by atoms with E-state index in [1.165, 1.54) is 12.5 Å². The molecule has 2 aromatic heterocycles. The van der Waals surface area contributed by atoms with Crippen LogP contribution in [0, 0.1) is 0 Å². The van der Waals surface area contributed by atoms with Crippen LogP contribution in [0.5, 0.6) is 0 Å². The van der Waals surface area contributed by atoms with Crippen molar-refractivity contribution in [3.63, 3.8) is 0 Å². The van der Waals surface area contributed by atoms with E-state index in [2.05, 4.69) is 10.5 Å². The van der Waals surface area contributed by atoms with Gasteiger partial charge in [-0.15, -0.1) is 0 Å². The van der Waals surface area contributed by atoms with Crippen molar-refractivity contribution in [1.82, 2.24) is 15.4 Å². The summed E-state index contributed by atoms with van der Waals surface area (Å²) in [6.45, 7) is 2.00. The number of nitrogens with one attached hydrogen (secondary N) is 1. The van der Waals surface area contributed by atoms with E-state index in [4.69, 9.17) is 9.36 Å². The molecule has 9 nitrogen and oxygen atoms in total. The second-order valence-electron chi connectivity index (χ2n) is 9.26. The number of hydrogen-bond acceptors (Lipinski definition) is 6. The molecule has 1 N–H and O–H groups in total. The first kappa shape index (κ1) is 24.8. The van der Waals surface area contributed by atoms with Gasteiger partial charge in [-0.05, 0) is 25.0 Å². The highest BCUT2D eigenvalue weighted by atomic mass is 19.4. The highest BCUT2D eigenvalue weighted by molar-refractivity contribution is 5.79. The lowest BCUT2D eigenvalue weighted by Gasteiger charge is -2.35. The largest absolute Gasteiger partial charge is 0.498 e. The molecule has 0 radical (unpaired) electrons. The molecule has 2 aliphatic rings. The molecule has 3 aromatic rings. The zero-order chi connectivity index (χ0) is 26.0. The van der Waals surface area contributed by atoms with Gasteiger partial charge < -0.3 is 19.6 Å². The van der Waals surface area contributed by atoms with Crippen LogP contribution in [0.2, 0.25) is 0 Å². The van der Waals surface area contributed by atoms with Crippen LogP contribution in [-0.2, 0) is 4.79 Å². The topological polar surface area (TPSA) is 91.8 Å². The fourth-order valence-electron chi connectivity index (χ4n) is 4.78. The van der Waals surface area contributed by atoms with Crippen LogP contribution in [0.15, 0.2) is 47.0 Å². The predicted molar refractivity (Wildman–Crippen MR) is 126 cm³/mol. The molecule has 0 bridgehead atoms. The molecule has 1 aliphatic heterocycles. The lowest BCUT2D eigenvalue weighted by atomic mass is 9.96. The van der Waals surface area contributed by atoms with E-state index >= 15 is 0 Å². The average Bonchev–Trinajstić information content (AvgIpc) is 3.39. The van der Waals surface area contributed by atoms with Crippen molar-refractivity contribution in [3.05, 3.63) is 42.5 Å². The van der Waals surface area contributed by atoms with Crippen LogP contribution in [-0.4, -0.2) is 60.5 Å². The smallest absolute Gasteiger partial charge is 0.338 e. The maximum Gasteiger partial charge on any atom is 0.498 e. The zero-order valence-electron chi connectivity index (χ0n) is 20.0. The van der Waals surface area contributed by atoms with Gasteiger partial charge in [0.05, 0.1) is 5.39 Å². The van der Waals surface area contributed by atoms with E-state index in [1.54, 1.807) is 41.3 Å². The highest BCUT2D eigenvalue weighted by Gasteiger charge is 2.46. The number of nitrogens with zero attached hydrogens (tertiary/aromatic N) is 4. The minimum Gasteiger partial charge on any atom is -0.338 e. The number of para-hydroxylation sites is 1. The minimum atomic E-state index is -5.17. The Bertz CT molecular complexity index is 1280. The number of hydrogen-bond donors (Lipinski definition) is 1. The zero-order valence-corrected chi connectivity index (χ0v) is 20.0. The summed E-state index contributed by atoms with van der Waals surface area (Å²) in [5.41, 5.74) is 0.588. The van der Waals surface area contributed by atoms with Crippen LogP contribution in [0.3, 0.4) is 0 Å².